The van der Waals surface area contributed by atoms with Gasteiger partial charge in [-0.15, -0.1) is 17.8 Å². The van der Waals surface area contributed by atoms with Crippen LogP contribution < -0.4 is 14.2 Å². The van der Waals surface area contributed by atoms with E-state index in [0.717, 1.165) is 22.0 Å². The summed E-state index contributed by atoms with van der Waals surface area (Å²) in [6, 6.07) is 21.5. The number of ether oxygens (including phenoxy) is 3. The Kier molecular flexibility index (Phi) is 8.38. The van der Waals surface area contributed by atoms with E-state index in [-0.39, 0.29) is 12.4 Å². The SMILES string of the molecule is C#CCOc1ccc(C(=O)c2ccc(OCCOc3cccc(C#Cc4csc(C)n4)c3)cc2)cc1. The molecule has 0 amide bonds. The first-order valence-electron chi connectivity index (χ1n) is 11.2. The van der Waals surface area contributed by atoms with E-state index in [1.165, 1.54) is 0 Å². The second kappa shape index (κ2) is 12.3. The Morgan fingerprint density at radius 3 is 2.11 bits per heavy atom. The van der Waals surface area contributed by atoms with Crippen molar-refractivity contribution in [1.29, 1.82) is 0 Å². The van der Waals surface area contributed by atoms with Crippen LogP contribution in [0, 0.1) is 31.1 Å². The smallest absolute Gasteiger partial charge is 0.193 e. The van der Waals surface area contributed by atoms with Crippen LogP contribution in [0.3, 0.4) is 0 Å². The van der Waals surface area contributed by atoms with Gasteiger partial charge >= 0.3 is 0 Å². The average molecular weight is 494 g/mol. The summed E-state index contributed by atoms with van der Waals surface area (Å²) in [5.41, 5.74) is 2.77. The number of nitrogens with zero attached hydrogens (tertiary/aromatic N) is 1. The molecule has 0 fully saturated rings. The molecule has 36 heavy (non-hydrogen) atoms. The van der Waals surface area contributed by atoms with Crippen molar-refractivity contribution in [2.24, 2.45) is 0 Å². The molecular formula is C30H23NO4S. The van der Waals surface area contributed by atoms with Gasteiger partial charge in [-0.2, -0.15) is 0 Å². The standard InChI is InChI=1S/C30H23NO4S/c1-3-17-33-27-13-8-24(9-14-27)30(32)25-10-15-28(16-11-25)34-18-19-35-29-6-4-5-23(20-29)7-12-26-21-36-22(2)31-26/h1,4-6,8-11,13-16,20-21H,17-19H2,2H3. The van der Waals surface area contributed by atoms with Gasteiger partial charge in [0.25, 0.3) is 0 Å². The zero-order valence-corrected chi connectivity index (χ0v) is 20.5. The van der Waals surface area contributed by atoms with Crippen LogP contribution in [-0.4, -0.2) is 30.6 Å². The van der Waals surface area contributed by atoms with Crippen LogP contribution in [0.15, 0.2) is 78.2 Å². The number of aromatic nitrogens is 1. The average Bonchev–Trinajstić information content (AvgIpc) is 3.34. The third-order valence-electron chi connectivity index (χ3n) is 4.96. The zero-order chi connectivity index (χ0) is 25.2. The van der Waals surface area contributed by atoms with Crippen LogP contribution in [0.4, 0.5) is 0 Å². The van der Waals surface area contributed by atoms with E-state index in [1.807, 2.05) is 36.6 Å². The maximum atomic E-state index is 12.7. The van der Waals surface area contributed by atoms with Crippen molar-refractivity contribution < 1.29 is 19.0 Å². The Morgan fingerprint density at radius 2 is 1.50 bits per heavy atom. The van der Waals surface area contributed by atoms with Gasteiger partial charge in [-0.3, -0.25) is 4.79 Å². The lowest BCUT2D eigenvalue weighted by atomic mass is 10.0. The van der Waals surface area contributed by atoms with E-state index in [9.17, 15) is 4.79 Å². The third kappa shape index (κ3) is 6.99. The first-order chi connectivity index (χ1) is 17.6. The van der Waals surface area contributed by atoms with Gasteiger partial charge in [0.2, 0.25) is 0 Å². The molecule has 178 valence electrons. The van der Waals surface area contributed by atoms with Crippen molar-refractivity contribution >= 4 is 17.1 Å². The largest absolute Gasteiger partial charge is 0.490 e. The first-order valence-corrected chi connectivity index (χ1v) is 12.1. The molecule has 0 radical (unpaired) electrons. The summed E-state index contributed by atoms with van der Waals surface area (Å²) in [5.74, 6) is 10.5. The number of hydrogen-bond acceptors (Lipinski definition) is 6. The zero-order valence-electron chi connectivity index (χ0n) is 19.7. The lowest BCUT2D eigenvalue weighted by Crippen LogP contribution is -2.09. The fraction of sp³-hybridized carbons (Fsp3) is 0.133. The Balaban J connectivity index is 1.25. The predicted octanol–water partition coefficient (Wildman–Crippen LogP) is 5.55. The number of ketones is 1. The molecule has 6 heteroatoms. The van der Waals surface area contributed by atoms with Crippen molar-refractivity contribution in [1.82, 2.24) is 4.98 Å². The molecule has 0 unspecified atom stereocenters. The number of benzene rings is 3. The van der Waals surface area contributed by atoms with Crippen LogP contribution in [0.25, 0.3) is 0 Å². The van der Waals surface area contributed by atoms with Crippen LogP contribution in [0.1, 0.15) is 32.2 Å². The van der Waals surface area contributed by atoms with Gasteiger partial charge < -0.3 is 14.2 Å². The van der Waals surface area contributed by atoms with Crippen LogP contribution in [0.5, 0.6) is 17.2 Å². The van der Waals surface area contributed by atoms with E-state index in [1.54, 1.807) is 59.9 Å². The number of carbonyl (C=O) groups excluding carboxylic acids is 1. The number of thiazole rings is 1. The van der Waals surface area contributed by atoms with Gasteiger partial charge in [0.15, 0.2) is 5.78 Å². The van der Waals surface area contributed by atoms with Gasteiger partial charge in [0.05, 0.1) is 5.01 Å². The fourth-order valence-electron chi connectivity index (χ4n) is 3.24. The number of carbonyl (C=O) groups is 1. The number of hydrogen-bond donors (Lipinski definition) is 0. The number of aryl methyl sites for hydroxylation is 1. The summed E-state index contributed by atoms with van der Waals surface area (Å²) in [7, 11) is 0. The topological polar surface area (TPSA) is 57.7 Å². The minimum absolute atomic E-state index is 0.0821. The Hall–Kier alpha value is -4.52. The van der Waals surface area contributed by atoms with Gasteiger partial charge in [-0.1, -0.05) is 17.9 Å². The molecule has 1 heterocycles. The van der Waals surface area contributed by atoms with Gasteiger partial charge in [-0.05, 0) is 79.6 Å². The Bertz CT molecular complexity index is 1420. The maximum absolute atomic E-state index is 12.7. The van der Waals surface area contributed by atoms with Crippen LogP contribution in [0.2, 0.25) is 0 Å². The molecule has 0 aliphatic carbocycles. The molecule has 0 N–H and O–H groups in total. The molecule has 0 bridgehead atoms. The molecule has 4 aromatic rings. The summed E-state index contributed by atoms with van der Waals surface area (Å²) in [6.07, 6.45) is 5.19. The fourth-order valence-corrected chi connectivity index (χ4v) is 3.78. The maximum Gasteiger partial charge on any atom is 0.193 e. The molecule has 0 saturated carbocycles. The second-order valence-corrected chi connectivity index (χ2v) is 8.66. The van der Waals surface area contributed by atoms with Crippen molar-refractivity contribution in [3.63, 3.8) is 0 Å². The minimum atomic E-state index is -0.0821. The Morgan fingerprint density at radius 1 is 0.861 bits per heavy atom. The van der Waals surface area contributed by atoms with Crippen molar-refractivity contribution in [3.8, 4) is 41.4 Å². The molecule has 4 rings (SSSR count). The van der Waals surface area contributed by atoms with Crippen molar-refractivity contribution in [2.75, 3.05) is 19.8 Å². The highest BCUT2D eigenvalue weighted by Crippen LogP contribution is 2.19. The van der Waals surface area contributed by atoms with E-state index in [2.05, 4.69) is 22.7 Å². The molecule has 0 aliphatic rings. The number of terminal acetylenes is 1. The normalized spacial score (nSPS) is 10.0. The molecule has 3 aromatic carbocycles. The highest BCUT2D eigenvalue weighted by molar-refractivity contribution is 7.09. The third-order valence-corrected chi connectivity index (χ3v) is 5.74. The van der Waals surface area contributed by atoms with Gasteiger partial charge in [0.1, 0.15) is 42.8 Å². The number of rotatable bonds is 9. The molecule has 0 saturated heterocycles. The van der Waals surface area contributed by atoms with Crippen LogP contribution >= 0.6 is 11.3 Å². The summed E-state index contributed by atoms with van der Waals surface area (Å²) >= 11 is 1.58. The van der Waals surface area contributed by atoms with E-state index in [0.29, 0.717) is 35.8 Å². The van der Waals surface area contributed by atoms with Crippen LogP contribution in [-0.2, 0) is 0 Å². The molecule has 0 aliphatic heterocycles. The van der Waals surface area contributed by atoms with Gasteiger partial charge in [0, 0.05) is 22.1 Å². The summed E-state index contributed by atoms with van der Waals surface area (Å²) in [5, 5.41) is 2.94. The predicted molar refractivity (Wildman–Crippen MR) is 141 cm³/mol. The van der Waals surface area contributed by atoms with Crippen molar-refractivity contribution in [2.45, 2.75) is 6.92 Å². The Labute approximate surface area is 214 Å². The monoisotopic (exact) mass is 493 g/mol. The quantitative estimate of drug-likeness (QED) is 0.174. The lowest BCUT2D eigenvalue weighted by molar-refractivity contribution is 0.103. The van der Waals surface area contributed by atoms with E-state index >= 15 is 0 Å². The molecule has 0 spiro atoms. The summed E-state index contributed by atoms with van der Waals surface area (Å²) in [4.78, 5) is 17.1. The summed E-state index contributed by atoms with van der Waals surface area (Å²) in [6.45, 7) is 2.88. The second-order valence-electron chi connectivity index (χ2n) is 7.60. The van der Waals surface area contributed by atoms with Crippen molar-refractivity contribution in [3.05, 3.63) is 106 Å². The lowest BCUT2D eigenvalue weighted by Gasteiger charge is -2.09. The summed E-state index contributed by atoms with van der Waals surface area (Å²) < 4.78 is 16.9. The van der Waals surface area contributed by atoms with E-state index < -0.39 is 0 Å². The van der Waals surface area contributed by atoms with E-state index in [4.69, 9.17) is 20.6 Å². The molecule has 1 aromatic heterocycles. The highest BCUT2D eigenvalue weighted by atomic mass is 32.1. The molecular weight excluding hydrogens is 470 g/mol. The minimum Gasteiger partial charge on any atom is -0.490 e. The van der Waals surface area contributed by atoms with Gasteiger partial charge in [-0.25, -0.2) is 4.98 Å². The molecule has 5 nitrogen and oxygen atoms in total. The highest BCUT2D eigenvalue weighted by Gasteiger charge is 2.09. The first kappa shape index (κ1) is 24.6. The molecule has 0 atom stereocenters.